The van der Waals surface area contributed by atoms with Crippen LogP contribution < -0.4 is 5.32 Å². The molecule has 0 radical (unpaired) electrons. The molecule has 134 valence electrons. The minimum absolute atomic E-state index is 0.301. The van der Waals surface area contributed by atoms with Gasteiger partial charge in [0.25, 0.3) is 0 Å². The van der Waals surface area contributed by atoms with Crippen molar-refractivity contribution in [2.24, 2.45) is 0 Å². The Balaban J connectivity index is 1.65. The number of carbonyl (C=O) groups is 1. The van der Waals surface area contributed by atoms with E-state index in [1.807, 2.05) is 36.4 Å². The predicted molar refractivity (Wildman–Crippen MR) is 97.1 cm³/mol. The molecule has 2 aromatic carbocycles. The normalized spacial score (nSPS) is 12.8. The van der Waals surface area contributed by atoms with E-state index in [1.165, 1.54) is 23.9 Å². The summed E-state index contributed by atoms with van der Waals surface area (Å²) in [5, 5.41) is 3.89. The molecule has 0 spiro atoms. The van der Waals surface area contributed by atoms with E-state index >= 15 is 0 Å². The molecule has 1 atom stereocenters. The number of alkyl halides is 3. The van der Waals surface area contributed by atoms with Crippen LogP contribution in [0.3, 0.4) is 0 Å². The summed E-state index contributed by atoms with van der Waals surface area (Å²) in [7, 11) is 0. The van der Waals surface area contributed by atoms with Gasteiger partial charge < -0.3 is 5.32 Å². The molecule has 1 aromatic heterocycles. The summed E-state index contributed by atoms with van der Waals surface area (Å²) < 4.78 is 37.7. The van der Waals surface area contributed by atoms with Crippen molar-refractivity contribution in [1.82, 2.24) is 4.98 Å². The number of rotatable bonds is 4. The van der Waals surface area contributed by atoms with Crippen LogP contribution in [0.2, 0.25) is 0 Å². The third kappa shape index (κ3) is 4.35. The maximum absolute atomic E-state index is 12.6. The highest BCUT2D eigenvalue weighted by Crippen LogP contribution is 2.30. The number of thioether (sulfide) groups is 1. The summed E-state index contributed by atoms with van der Waals surface area (Å²) in [6, 6.07) is 15.8. The average molecular weight is 376 g/mol. The predicted octanol–water partition coefficient (Wildman–Crippen LogP) is 5.37. The lowest BCUT2D eigenvalue weighted by molar-refractivity contribution is -0.137. The Kier molecular flexibility index (Phi) is 5.18. The second-order valence-electron chi connectivity index (χ2n) is 5.67. The van der Waals surface area contributed by atoms with Gasteiger partial charge in [0.1, 0.15) is 0 Å². The molecule has 1 amide bonds. The maximum atomic E-state index is 12.6. The van der Waals surface area contributed by atoms with Gasteiger partial charge in [0.2, 0.25) is 5.91 Å². The number of nitrogens with one attached hydrogen (secondary N) is 1. The van der Waals surface area contributed by atoms with Gasteiger partial charge in [0.05, 0.1) is 21.4 Å². The second-order valence-corrected chi connectivity index (χ2v) is 7.03. The third-order valence-electron chi connectivity index (χ3n) is 3.72. The van der Waals surface area contributed by atoms with Crippen LogP contribution in [-0.4, -0.2) is 16.1 Å². The molecule has 0 saturated carbocycles. The second kappa shape index (κ2) is 7.37. The smallest absolute Gasteiger partial charge is 0.325 e. The summed E-state index contributed by atoms with van der Waals surface area (Å²) >= 11 is 1.29. The Bertz CT molecular complexity index is 926. The van der Waals surface area contributed by atoms with Crippen molar-refractivity contribution in [3.63, 3.8) is 0 Å². The standard InChI is InChI=1S/C19H15F3N2OS/c1-12(26-17-11-6-13-4-2-3-5-16(13)24-17)18(25)23-15-9-7-14(8-10-15)19(20,21)22/h2-12H,1H3,(H,23,25)/t12-/m0/s1. The molecule has 1 N–H and O–H groups in total. The highest BCUT2D eigenvalue weighted by atomic mass is 32.2. The minimum Gasteiger partial charge on any atom is -0.325 e. The Morgan fingerprint density at radius 1 is 1.04 bits per heavy atom. The highest BCUT2D eigenvalue weighted by Gasteiger charge is 2.30. The first kappa shape index (κ1) is 18.3. The van der Waals surface area contributed by atoms with Gasteiger partial charge in [0, 0.05) is 11.1 Å². The van der Waals surface area contributed by atoms with E-state index in [1.54, 1.807) is 6.92 Å². The lowest BCUT2D eigenvalue weighted by Crippen LogP contribution is -2.22. The topological polar surface area (TPSA) is 42.0 Å². The first-order valence-corrected chi connectivity index (χ1v) is 8.71. The molecule has 1 heterocycles. The van der Waals surface area contributed by atoms with E-state index < -0.39 is 17.0 Å². The SMILES string of the molecule is C[C@H](Sc1ccc2ccccc2n1)C(=O)Nc1ccc(C(F)(F)F)cc1. The molecular formula is C19H15F3N2OS. The molecule has 0 bridgehead atoms. The molecule has 0 aliphatic carbocycles. The van der Waals surface area contributed by atoms with Crippen LogP contribution in [0.25, 0.3) is 10.9 Å². The number of benzene rings is 2. The van der Waals surface area contributed by atoms with Gasteiger partial charge in [-0.3, -0.25) is 4.79 Å². The van der Waals surface area contributed by atoms with Gasteiger partial charge in [-0.1, -0.05) is 36.0 Å². The fourth-order valence-electron chi connectivity index (χ4n) is 2.33. The van der Waals surface area contributed by atoms with Crippen molar-refractivity contribution in [3.05, 3.63) is 66.2 Å². The first-order valence-electron chi connectivity index (χ1n) is 7.83. The van der Waals surface area contributed by atoms with E-state index in [0.717, 1.165) is 23.0 Å². The number of pyridine rings is 1. The van der Waals surface area contributed by atoms with Gasteiger partial charge >= 0.3 is 6.18 Å². The van der Waals surface area contributed by atoms with Crippen LogP contribution in [0.5, 0.6) is 0 Å². The number of anilines is 1. The van der Waals surface area contributed by atoms with Crippen molar-refractivity contribution < 1.29 is 18.0 Å². The Hall–Kier alpha value is -2.54. The molecule has 26 heavy (non-hydrogen) atoms. The van der Waals surface area contributed by atoms with Crippen molar-refractivity contribution in [1.29, 1.82) is 0 Å². The van der Waals surface area contributed by atoms with Crippen LogP contribution in [0, 0.1) is 0 Å². The summed E-state index contributed by atoms with van der Waals surface area (Å²) in [5.74, 6) is -0.301. The summed E-state index contributed by atoms with van der Waals surface area (Å²) in [6.45, 7) is 1.72. The van der Waals surface area contributed by atoms with Crippen molar-refractivity contribution >= 4 is 34.3 Å². The molecule has 3 rings (SSSR count). The minimum atomic E-state index is -4.40. The van der Waals surface area contributed by atoms with Crippen LogP contribution in [0.15, 0.2) is 65.7 Å². The summed E-state index contributed by atoms with van der Waals surface area (Å²) in [6.07, 6.45) is -4.40. The molecule has 7 heteroatoms. The lowest BCUT2D eigenvalue weighted by atomic mass is 10.2. The average Bonchev–Trinajstić information content (AvgIpc) is 2.61. The Morgan fingerprint density at radius 3 is 2.42 bits per heavy atom. The van der Waals surface area contributed by atoms with Gasteiger partial charge in [-0.2, -0.15) is 13.2 Å². The molecule has 0 unspecified atom stereocenters. The molecule has 0 fully saturated rings. The zero-order valence-electron chi connectivity index (χ0n) is 13.7. The van der Waals surface area contributed by atoms with E-state index in [2.05, 4.69) is 10.3 Å². The van der Waals surface area contributed by atoms with Gasteiger partial charge in [-0.15, -0.1) is 0 Å². The Morgan fingerprint density at radius 2 is 1.73 bits per heavy atom. The molecule has 0 saturated heterocycles. The largest absolute Gasteiger partial charge is 0.416 e. The van der Waals surface area contributed by atoms with E-state index in [9.17, 15) is 18.0 Å². The fourth-order valence-corrected chi connectivity index (χ4v) is 3.16. The van der Waals surface area contributed by atoms with E-state index in [4.69, 9.17) is 0 Å². The number of aromatic nitrogens is 1. The zero-order chi connectivity index (χ0) is 18.7. The summed E-state index contributed by atoms with van der Waals surface area (Å²) in [4.78, 5) is 16.8. The molecule has 0 aliphatic heterocycles. The van der Waals surface area contributed by atoms with Gasteiger partial charge in [-0.25, -0.2) is 4.98 Å². The third-order valence-corrected chi connectivity index (χ3v) is 4.76. The zero-order valence-corrected chi connectivity index (χ0v) is 14.6. The quantitative estimate of drug-likeness (QED) is 0.622. The number of fused-ring (bicyclic) bond motifs is 1. The van der Waals surface area contributed by atoms with Crippen molar-refractivity contribution in [3.8, 4) is 0 Å². The number of para-hydroxylation sites is 1. The number of halogens is 3. The molecular weight excluding hydrogens is 361 g/mol. The molecule has 3 aromatic rings. The van der Waals surface area contributed by atoms with Gasteiger partial charge in [-0.05, 0) is 43.3 Å². The van der Waals surface area contributed by atoms with Crippen molar-refractivity contribution in [2.75, 3.05) is 5.32 Å². The number of hydrogen-bond acceptors (Lipinski definition) is 3. The molecule has 3 nitrogen and oxygen atoms in total. The lowest BCUT2D eigenvalue weighted by Gasteiger charge is -2.13. The first-order chi connectivity index (χ1) is 12.3. The van der Waals surface area contributed by atoms with Crippen LogP contribution in [-0.2, 0) is 11.0 Å². The van der Waals surface area contributed by atoms with E-state index in [0.29, 0.717) is 10.7 Å². The Labute approximate surface area is 152 Å². The summed E-state index contributed by atoms with van der Waals surface area (Å²) in [5.41, 5.74) is 0.410. The number of carbonyl (C=O) groups excluding carboxylic acids is 1. The highest BCUT2D eigenvalue weighted by molar-refractivity contribution is 8.00. The van der Waals surface area contributed by atoms with E-state index in [-0.39, 0.29) is 5.91 Å². The number of nitrogens with zero attached hydrogens (tertiary/aromatic N) is 1. The maximum Gasteiger partial charge on any atom is 0.416 e. The van der Waals surface area contributed by atoms with Crippen LogP contribution in [0.4, 0.5) is 18.9 Å². The van der Waals surface area contributed by atoms with Crippen LogP contribution >= 0.6 is 11.8 Å². The van der Waals surface area contributed by atoms with Crippen LogP contribution in [0.1, 0.15) is 12.5 Å². The van der Waals surface area contributed by atoms with Crippen molar-refractivity contribution in [2.45, 2.75) is 23.4 Å². The number of amides is 1. The number of hydrogen-bond donors (Lipinski definition) is 1. The monoisotopic (exact) mass is 376 g/mol. The van der Waals surface area contributed by atoms with Gasteiger partial charge in [0.15, 0.2) is 0 Å². The fraction of sp³-hybridized carbons (Fsp3) is 0.158. The molecule has 0 aliphatic rings.